The molecule has 0 radical (unpaired) electrons. The summed E-state index contributed by atoms with van der Waals surface area (Å²) in [6.45, 7) is 5.55. The zero-order valence-electron chi connectivity index (χ0n) is 17.4. The molecule has 0 bridgehead atoms. The van der Waals surface area contributed by atoms with Crippen molar-refractivity contribution in [1.29, 1.82) is 0 Å². The number of carbonyl (C=O) groups is 2. The Morgan fingerprint density at radius 1 is 1.10 bits per heavy atom. The van der Waals surface area contributed by atoms with Crippen LogP contribution in [0.4, 0.5) is 0 Å². The molecule has 1 aliphatic heterocycles. The van der Waals surface area contributed by atoms with Gasteiger partial charge in [0.05, 0.1) is 11.2 Å². The molecule has 1 heterocycles. The van der Waals surface area contributed by atoms with Crippen molar-refractivity contribution in [2.75, 3.05) is 0 Å². The summed E-state index contributed by atoms with van der Waals surface area (Å²) in [4.78, 5) is 24.5. The number of carbonyl (C=O) groups excluding carboxylic acids is 2. The SMILES string of the molecule is CC1(C)O[C@@](C)([C@H](OC(=O)c2ccc(Br)cc2)C2CCCCC2)CC[C@H]1C(=O)[O-]. The lowest BCUT2D eigenvalue weighted by Crippen LogP contribution is -2.60. The molecule has 1 saturated carbocycles. The average Bonchev–Trinajstić information content (AvgIpc) is 2.66. The Hall–Kier alpha value is -1.40. The number of hydrogen-bond donors (Lipinski definition) is 0. The zero-order valence-corrected chi connectivity index (χ0v) is 19.0. The van der Waals surface area contributed by atoms with E-state index in [0.29, 0.717) is 18.4 Å². The number of rotatable bonds is 5. The number of benzene rings is 1. The average molecular weight is 466 g/mol. The highest BCUT2D eigenvalue weighted by molar-refractivity contribution is 9.10. The first-order valence-corrected chi connectivity index (χ1v) is 11.3. The normalized spacial score (nSPS) is 28.5. The zero-order chi connectivity index (χ0) is 21.2. The first kappa shape index (κ1) is 22.3. The number of carboxylic acids is 1. The van der Waals surface area contributed by atoms with Crippen LogP contribution in [-0.4, -0.2) is 29.2 Å². The van der Waals surface area contributed by atoms with Crippen molar-refractivity contribution in [3.05, 3.63) is 34.3 Å². The van der Waals surface area contributed by atoms with E-state index in [1.165, 1.54) is 6.42 Å². The summed E-state index contributed by atoms with van der Waals surface area (Å²) in [5, 5.41) is 11.6. The van der Waals surface area contributed by atoms with Crippen LogP contribution in [0.25, 0.3) is 0 Å². The monoisotopic (exact) mass is 465 g/mol. The van der Waals surface area contributed by atoms with E-state index >= 15 is 0 Å². The third-order valence-electron chi connectivity index (χ3n) is 6.54. The Bertz CT molecular complexity index is 738. The molecule has 3 atom stereocenters. The Morgan fingerprint density at radius 2 is 1.72 bits per heavy atom. The minimum atomic E-state index is -1.09. The van der Waals surface area contributed by atoms with Gasteiger partial charge in [-0.25, -0.2) is 4.79 Å². The quantitative estimate of drug-likeness (QED) is 0.606. The lowest BCUT2D eigenvalue weighted by Gasteiger charge is -2.52. The number of halogens is 1. The van der Waals surface area contributed by atoms with Crippen LogP contribution in [-0.2, 0) is 14.3 Å². The van der Waals surface area contributed by atoms with Crippen LogP contribution in [0.3, 0.4) is 0 Å². The summed E-state index contributed by atoms with van der Waals surface area (Å²) in [5.74, 6) is -1.91. The van der Waals surface area contributed by atoms with Crippen LogP contribution in [0.15, 0.2) is 28.7 Å². The summed E-state index contributed by atoms with van der Waals surface area (Å²) in [7, 11) is 0. The number of hydrogen-bond acceptors (Lipinski definition) is 5. The van der Waals surface area contributed by atoms with Gasteiger partial charge in [0.15, 0.2) is 0 Å². The molecular weight excluding hydrogens is 436 g/mol. The van der Waals surface area contributed by atoms with E-state index in [2.05, 4.69) is 15.9 Å². The molecule has 0 aromatic heterocycles. The third kappa shape index (κ3) is 5.02. The molecule has 2 aliphatic rings. The summed E-state index contributed by atoms with van der Waals surface area (Å²) in [6, 6.07) is 7.12. The molecule has 6 heteroatoms. The minimum absolute atomic E-state index is 0.212. The number of esters is 1. The van der Waals surface area contributed by atoms with E-state index in [0.717, 1.165) is 30.2 Å². The first-order valence-electron chi connectivity index (χ1n) is 10.5. The molecule has 29 heavy (non-hydrogen) atoms. The Morgan fingerprint density at radius 3 is 2.28 bits per heavy atom. The fraction of sp³-hybridized carbons (Fsp3) is 0.652. The largest absolute Gasteiger partial charge is 0.550 e. The minimum Gasteiger partial charge on any atom is -0.550 e. The molecule has 1 aromatic carbocycles. The van der Waals surface area contributed by atoms with Gasteiger partial charge in [-0.05, 0) is 76.6 Å². The van der Waals surface area contributed by atoms with Gasteiger partial charge < -0.3 is 19.4 Å². The second-order valence-corrected chi connectivity index (χ2v) is 10.1. The fourth-order valence-corrected chi connectivity index (χ4v) is 5.29. The summed E-state index contributed by atoms with van der Waals surface area (Å²) >= 11 is 3.38. The van der Waals surface area contributed by atoms with Crippen molar-refractivity contribution in [2.45, 2.75) is 83.0 Å². The maximum atomic E-state index is 12.9. The molecule has 1 aliphatic carbocycles. The van der Waals surface area contributed by atoms with Gasteiger partial charge in [-0.3, -0.25) is 0 Å². The number of aliphatic carboxylic acids is 1. The second-order valence-electron chi connectivity index (χ2n) is 9.16. The van der Waals surface area contributed by atoms with Crippen molar-refractivity contribution >= 4 is 27.9 Å². The van der Waals surface area contributed by atoms with Crippen molar-refractivity contribution in [3.8, 4) is 0 Å². The van der Waals surface area contributed by atoms with Gasteiger partial charge in [0, 0.05) is 16.4 Å². The van der Waals surface area contributed by atoms with E-state index in [1.807, 2.05) is 19.1 Å². The lowest BCUT2D eigenvalue weighted by molar-refractivity contribution is -0.328. The van der Waals surface area contributed by atoms with E-state index in [1.54, 1.807) is 26.0 Å². The van der Waals surface area contributed by atoms with Gasteiger partial charge in [0.1, 0.15) is 11.7 Å². The van der Waals surface area contributed by atoms with E-state index in [-0.39, 0.29) is 11.9 Å². The highest BCUT2D eigenvalue weighted by Crippen LogP contribution is 2.45. The van der Waals surface area contributed by atoms with Crippen LogP contribution in [0.5, 0.6) is 0 Å². The third-order valence-corrected chi connectivity index (χ3v) is 7.07. The van der Waals surface area contributed by atoms with Crippen molar-refractivity contribution in [1.82, 2.24) is 0 Å². The van der Waals surface area contributed by atoms with Crippen molar-refractivity contribution in [3.63, 3.8) is 0 Å². The van der Waals surface area contributed by atoms with Crippen molar-refractivity contribution < 1.29 is 24.2 Å². The molecule has 0 amide bonds. The van der Waals surface area contributed by atoms with Crippen LogP contribution in [0.1, 0.15) is 76.1 Å². The summed E-state index contributed by atoms with van der Waals surface area (Å²) in [5.41, 5.74) is -1.12. The van der Waals surface area contributed by atoms with E-state index in [9.17, 15) is 14.7 Å². The van der Waals surface area contributed by atoms with Crippen molar-refractivity contribution in [2.24, 2.45) is 11.8 Å². The smallest absolute Gasteiger partial charge is 0.338 e. The van der Waals surface area contributed by atoms with Crippen LogP contribution < -0.4 is 5.11 Å². The molecule has 1 saturated heterocycles. The van der Waals surface area contributed by atoms with Gasteiger partial charge in [0.25, 0.3) is 0 Å². The van der Waals surface area contributed by atoms with Crippen LogP contribution >= 0.6 is 15.9 Å². The fourth-order valence-electron chi connectivity index (χ4n) is 5.03. The van der Waals surface area contributed by atoms with Gasteiger partial charge in [-0.2, -0.15) is 0 Å². The topological polar surface area (TPSA) is 75.7 Å². The molecular formula is C23H30BrO5-. The molecule has 3 rings (SSSR count). The first-order chi connectivity index (χ1) is 13.6. The van der Waals surface area contributed by atoms with E-state index in [4.69, 9.17) is 9.47 Å². The van der Waals surface area contributed by atoms with Crippen LogP contribution in [0, 0.1) is 11.8 Å². The molecule has 0 spiro atoms. The highest BCUT2D eigenvalue weighted by Gasteiger charge is 2.51. The van der Waals surface area contributed by atoms with Gasteiger partial charge in [0.2, 0.25) is 0 Å². The summed E-state index contributed by atoms with van der Waals surface area (Å²) < 4.78 is 13.4. The predicted octanol–water partition coefficient (Wildman–Crippen LogP) is 4.27. The Labute approximate surface area is 181 Å². The molecule has 160 valence electrons. The molecule has 0 N–H and O–H groups in total. The van der Waals surface area contributed by atoms with Gasteiger partial charge in [-0.1, -0.05) is 35.2 Å². The van der Waals surface area contributed by atoms with Crippen LogP contribution in [0.2, 0.25) is 0 Å². The van der Waals surface area contributed by atoms with Gasteiger partial charge >= 0.3 is 5.97 Å². The highest BCUT2D eigenvalue weighted by atomic mass is 79.9. The molecule has 2 fully saturated rings. The number of carboxylic acid groups (broad SMARTS) is 1. The van der Waals surface area contributed by atoms with E-state index < -0.39 is 29.2 Å². The second kappa shape index (κ2) is 8.76. The number of ether oxygens (including phenoxy) is 2. The van der Waals surface area contributed by atoms with Gasteiger partial charge in [-0.15, -0.1) is 0 Å². The molecule has 1 aromatic rings. The lowest BCUT2D eigenvalue weighted by atomic mass is 9.72. The summed E-state index contributed by atoms with van der Waals surface area (Å²) in [6.07, 6.45) is 5.94. The Kier molecular flexibility index (Phi) is 6.74. The molecule has 5 nitrogen and oxygen atoms in total. The maximum absolute atomic E-state index is 12.9. The Balaban J connectivity index is 1.86. The molecule has 0 unspecified atom stereocenters. The maximum Gasteiger partial charge on any atom is 0.338 e. The standard InChI is InChI=1S/C23H31BrO5/c1-22(2)18(20(25)26)13-14-23(3,29-22)19(15-7-5-4-6-8-15)28-21(27)16-9-11-17(24)12-10-16/h9-12,15,18-19H,4-8,13-14H2,1-3H3,(H,25,26)/p-1/t18-,19+,23+/m0/s1. The predicted molar refractivity (Wildman–Crippen MR) is 111 cm³/mol.